The Kier molecular flexibility index (Phi) is 73.2. The lowest BCUT2D eigenvalue weighted by atomic mass is 10.2. The molecule has 0 aromatic carbocycles. The van der Waals surface area contributed by atoms with Crippen LogP contribution in [0.1, 0.15) is 226 Å². The molecule has 28 nitrogen and oxygen atoms in total. The average molecular weight is 1270 g/mol. The van der Waals surface area contributed by atoms with Crippen molar-refractivity contribution in [3.8, 4) is 0 Å². The van der Waals surface area contributed by atoms with E-state index in [0.29, 0.717) is 23.6 Å². The van der Waals surface area contributed by atoms with Gasteiger partial charge in [0, 0.05) is 47.0 Å². The molecule has 0 bridgehead atoms. The second-order valence-corrected chi connectivity index (χ2v) is 23.6. The molecule has 0 fully saturated rings. The average Bonchev–Trinajstić information content (AvgIpc) is 4.32. The van der Waals surface area contributed by atoms with Gasteiger partial charge in [-0.05, 0) is 63.1 Å². The van der Waals surface area contributed by atoms with Gasteiger partial charge in [0.05, 0.1) is 77.0 Å². The zero-order valence-electron chi connectivity index (χ0n) is 56.0. The molecule has 488 valence electrons. The molecule has 0 amide bonds. The first-order valence-electron chi connectivity index (χ1n) is 27.9. The number of nitrogens with zero attached hydrogens (tertiary/aromatic N) is 21. The lowest BCUT2D eigenvalue weighted by Gasteiger charge is -1.92. The number of imidazole rings is 1. The molecule has 10 rings (SSSR count). The van der Waals surface area contributed by atoms with Crippen molar-refractivity contribution in [1.29, 1.82) is 0 Å². The molecule has 0 aliphatic carbocycles. The number of oxazole rings is 1. The molecule has 0 atom stereocenters. The van der Waals surface area contributed by atoms with Crippen molar-refractivity contribution in [2.45, 2.75) is 204 Å². The van der Waals surface area contributed by atoms with E-state index in [1.807, 2.05) is 33.9 Å². The minimum Gasteiger partial charge on any atom is -0.452 e. The van der Waals surface area contributed by atoms with Crippen LogP contribution in [0.2, 0.25) is 0 Å². The van der Waals surface area contributed by atoms with Crippen LogP contribution in [0.25, 0.3) is 0 Å². The van der Waals surface area contributed by atoms with Crippen molar-refractivity contribution in [1.82, 2.24) is 109 Å². The summed E-state index contributed by atoms with van der Waals surface area (Å²) in [7, 11) is 0. The van der Waals surface area contributed by atoms with Crippen molar-refractivity contribution in [3.05, 3.63) is 116 Å². The van der Waals surface area contributed by atoms with Crippen molar-refractivity contribution in [2.75, 3.05) is 0 Å². The molecule has 10 aromatic heterocycles. The van der Waals surface area contributed by atoms with Crippen molar-refractivity contribution >= 4 is 35.0 Å². The number of aromatic amines is 1. The predicted molar refractivity (Wildman–Crippen MR) is 339 cm³/mol. The van der Waals surface area contributed by atoms with Gasteiger partial charge in [-0.15, -0.1) is 15.3 Å². The van der Waals surface area contributed by atoms with Crippen molar-refractivity contribution in [2.24, 2.45) is 35.5 Å². The fraction of sp³-hybridized carbons (Fsp3) is 0.655. The van der Waals surface area contributed by atoms with Crippen molar-refractivity contribution in [3.63, 3.8) is 0 Å². The minimum absolute atomic E-state index is 0.282. The monoisotopic (exact) mass is 1260 g/mol. The third kappa shape index (κ3) is 98.7. The molecule has 0 aliphatic rings. The van der Waals surface area contributed by atoms with Gasteiger partial charge >= 0.3 is 0 Å². The standard InChI is InChI=1S/C5H8N2O.C5H8N2S.C4H7N3O.C4H7N3S.6C4H10.C3H4N2.2C3H3NO.C2H2N2O.CHN3O.CHN3S/c2*1-4(2)5-3-6-8-7-5;2*1-3(2)4-5-6-7-8-4;6*1-4(2)3;2*1-2-5-3-4-1;1-2-4-5-3-1;1-2-5-4-3-1;2*1-2-4-5-3-1/h2*3-4H,1-2H3;2*3H,1-2H3;6*4H,1-3H3;1-3H,(H,4,5);2*1-3H;1-2H;2*1H. The SMILES string of the molecule is CC(C)C.CC(C)C.CC(C)C.CC(C)C.CC(C)C.CC(C)C.CC(C)c1cnon1.CC(C)c1cnsn1.CC(C)c1nnno1.CC(C)c1nnns1.c1c[nH]cn1.c1cnoc1.c1cocn1.c1conn1.c1nnon1.c1nnsn1. The first-order chi connectivity index (χ1) is 40.6. The van der Waals surface area contributed by atoms with E-state index >= 15 is 0 Å². The topological polar surface area (TPSA) is 365 Å². The van der Waals surface area contributed by atoms with Crippen LogP contribution < -0.4 is 0 Å². The Hall–Kier alpha value is -7.41. The van der Waals surface area contributed by atoms with Gasteiger partial charge in [-0.1, -0.05) is 215 Å². The van der Waals surface area contributed by atoms with Gasteiger partial charge in [0.25, 0.3) is 5.89 Å². The molecule has 0 spiro atoms. The van der Waals surface area contributed by atoms with E-state index in [-0.39, 0.29) is 5.92 Å². The van der Waals surface area contributed by atoms with E-state index in [9.17, 15) is 0 Å². The molecule has 31 heteroatoms. The molecule has 10 aromatic rings. The van der Waals surface area contributed by atoms with Gasteiger partial charge < -0.3 is 23.0 Å². The Balaban J connectivity index is -0.000000200. The lowest BCUT2D eigenvalue weighted by molar-refractivity contribution is 0.292. The first-order valence-corrected chi connectivity index (χ1v) is 30.2. The molecule has 0 saturated carbocycles. The molecular weight excluding hydrogens is 1160 g/mol. The van der Waals surface area contributed by atoms with Gasteiger partial charge in [-0.2, -0.15) is 13.1 Å². The number of aromatic nitrogens is 22. The second kappa shape index (κ2) is 70.1. The molecule has 86 heavy (non-hydrogen) atoms. The van der Waals surface area contributed by atoms with Crippen LogP contribution in [-0.2, 0) is 0 Å². The number of hydrogen-bond acceptors (Lipinski definition) is 30. The Bertz CT molecular complexity index is 1900. The molecule has 0 unspecified atom stereocenters. The summed E-state index contributed by atoms with van der Waals surface area (Å²) in [4.78, 5) is 9.97. The van der Waals surface area contributed by atoms with Crippen LogP contribution in [0.5, 0.6) is 0 Å². The van der Waals surface area contributed by atoms with E-state index in [1.165, 1.54) is 67.3 Å². The highest BCUT2D eigenvalue weighted by Gasteiger charge is 2.04. The minimum atomic E-state index is 0.282. The smallest absolute Gasteiger partial charge is 0.250 e. The summed E-state index contributed by atoms with van der Waals surface area (Å²) >= 11 is 3.73. The second-order valence-electron chi connectivity index (χ2n) is 21.8. The summed E-state index contributed by atoms with van der Waals surface area (Å²) in [6.45, 7) is 55.4. The van der Waals surface area contributed by atoms with Crippen LogP contribution >= 0.6 is 35.0 Å². The Labute approximate surface area is 524 Å². The van der Waals surface area contributed by atoms with Crippen LogP contribution in [-0.4, -0.2) is 109 Å². The fourth-order valence-electron chi connectivity index (χ4n) is 2.49. The van der Waals surface area contributed by atoms with Crippen LogP contribution in [0.4, 0.5) is 0 Å². The van der Waals surface area contributed by atoms with Crippen LogP contribution in [0.15, 0.2) is 121 Å². The number of hydrogen-bond donors (Lipinski definition) is 1. The molecule has 0 radical (unpaired) electrons. The Morgan fingerprint density at radius 1 is 0.453 bits per heavy atom. The Morgan fingerprint density at radius 2 is 1.07 bits per heavy atom. The van der Waals surface area contributed by atoms with Gasteiger partial charge in [0.1, 0.15) is 29.5 Å². The number of rotatable bonds is 4. The lowest BCUT2D eigenvalue weighted by Crippen LogP contribution is -1.85. The van der Waals surface area contributed by atoms with E-state index < -0.39 is 0 Å². The van der Waals surface area contributed by atoms with Gasteiger partial charge in [-0.25, -0.2) is 19.2 Å². The summed E-state index contributed by atoms with van der Waals surface area (Å²) in [6, 6.07) is 1.72. The largest absolute Gasteiger partial charge is 0.452 e. The van der Waals surface area contributed by atoms with E-state index in [2.05, 4.69) is 289 Å². The third-order valence-electron chi connectivity index (χ3n) is 5.40. The molecule has 0 saturated heterocycles. The van der Waals surface area contributed by atoms with Gasteiger partial charge in [0.2, 0.25) is 0 Å². The summed E-state index contributed by atoms with van der Waals surface area (Å²) in [6.07, 6.45) is 21.6. The van der Waals surface area contributed by atoms with E-state index in [0.717, 1.165) is 63.6 Å². The summed E-state index contributed by atoms with van der Waals surface area (Å²) < 4.78 is 44.5. The molecule has 1 N–H and O–H groups in total. The summed E-state index contributed by atoms with van der Waals surface area (Å²) in [5.41, 5.74) is 2.00. The highest BCUT2D eigenvalue weighted by Crippen LogP contribution is 2.12. The Morgan fingerprint density at radius 3 is 1.23 bits per heavy atom. The maximum atomic E-state index is 4.62. The zero-order chi connectivity index (χ0) is 66.6. The molecule has 0 aliphatic heterocycles. The normalized spacial score (nSPS) is 9.16. The summed E-state index contributed by atoms with van der Waals surface area (Å²) in [5, 5.41) is 47.8. The van der Waals surface area contributed by atoms with Gasteiger partial charge in [-0.3, -0.25) is 0 Å². The summed E-state index contributed by atoms with van der Waals surface area (Å²) in [5.74, 6) is 7.28. The van der Waals surface area contributed by atoms with Crippen LogP contribution in [0, 0.1) is 35.5 Å². The maximum Gasteiger partial charge on any atom is 0.250 e. The highest BCUT2D eigenvalue weighted by molar-refractivity contribution is 7.05. The fourth-order valence-corrected chi connectivity index (χ4v) is 3.70. The van der Waals surface area contributed by atoms with Crippen LogP contribution in [0.3, 0.4) is 0 Å². The third-order valence-corrected chi connectivity index (χ3v) is 7.14. The quantitative estimate of drug-likeness (QED) is 0.171. The van der Waals surface area contributed by atoms with Gasteiger partial charge in [0.15, 0.2) is 19.0 Å². The maximum absolute atomic E-state index is 4.62. The van der Waals surface area contributed by atoms with Crippen molar-refractivity contribution < 1.29 is 27.2 Å². The highest BCUT2D eigenvalue weighted by atomic mass is 32.1. The molecular formula is C55H104N22O6S3. The van der Waals surface area contributed by atoms with E-state index in [4.69, 9.17) is 0 Å². The zero-order valence-corrected chi connectivity index (χ0v) is 58.4. The molecule has 10 heterocycles. The van der Waals surface area contributed by atoms with E-state index in [1.54, 1.807) is 43.4 Å². The first kappa shape index (κ1) is 89.8. The predicted octanol–water partition coefficient (Wildman–Crippen LogP) is 15.7. The number of nitrogens with one attached hydrogen (secondary N) is 1. The number of H-pyrrole nitrogens is 1.